The van der Waals surface area contributed by atoms with E-state index in [1.165, 1.54) is 0 Å². The molecule has 0 bridgehead atoms. The average molecular weight is 245 g/mol. The van der Waals surface area contributed by atoms with E-state index < -0.39 is 6.01 Å². The normalized spacial score (nSPS) is 10.2. The fourth-order valence-electron chi connectivity index (χ4n) is 1.46. The van der Waals surface area contributed by atoms with E-state index in [1.54, 1.807) is 14.2 Å². The van der Waals surface area contributed by atoms with Crippen molar-refractivity contribution in [2.24, 2.45) is 5.73 Å². The Labute approximate surface area is 99.1 Å². The van der Waals surface area contributed by atoms with Crippen LogP contribution in [0.15, 0.2) is 17.0 Å². The van der Waals surface area contributed by atoms with E-state index >= 15 is 0 Å². The van der Waals surface area contributed by atoms with Gasteiger partial charge in [-0.05, 0) is 30.7 Å². The molecule has 2 N–H and O–H groups in total. The Balaban J connectivity index is 3.14. The molecule has 0 heterocycles. The number of benzene rings is 1. The molecule has 1 aromatic rings. The van der Waals surface area contributed by atoms with Crippen LogP contribution < -0.4 is 15.2 Å². The van der Waals surface area contributed by atoms with E-state index in [0.717, 1.165) is 28.6 Å². The highest BCUT2D eigenvalue weighted by atomic mass is 32.2. The van der Waals surface area contributed by atoms with Crippen molar-refractivity contribution < 1.29 is 13.9 Å². The molecular formula is C11H16FNO2S. The molecular weight excluding hydrogens is 229 g/mol. The first-order valence-electron chi connectivity index (χ1n) is 4.90. The van der Waals surface area contributed by atoms with Gasteiger partial charge in [0, 0.05) is 0 Å². The molecule has 0 saturated carbocycles. The molecule has 1 rings (SSSR count). The van der Waals surface area contributed by atoms with Crippen LogP contribution in [0.4, 0.5) is 4.39 Å². The molecule has 5 heteroatoms. The lowest BCUT2D eigenvalue weighted by Gasteiger charge is -2.13. The van der Waals surface area contributed by atoms with Crippen LogP contribution in [0.1, 0.15) is 5.56 Å². The van der Waals surface area contributed by atoms with Gasteiger partial charge < -0.3 is 15.2 Å². The van der Waals surface area contributed by atoms with Crippen LogP contribution in [0.25, 0.3) is 0 Å². The number of nitrogens with two attached hydrogens (primary N) is 1. The van der Waals surface area contributed by atoms with Crippen molar-refractivity contribution in [1.29, 1.82) is 0 Å². The van der Waals surface area contributed by atoms with Gasteiger partial charge in [-0.25, -0.2) is 4.39 Å². The zero-order valence-corrected chi connectivity index (χ0v) is 10.3. The van der Waals surface area contributed by atoms with Crippen molar-refractivity contribution in [2.75, 3.05) is 26.8 Å². The maximum Gasteiger partial charge on any atom is 0.174 e. The number of methoxy groups -OCH3 is 2. The highest BCUT2D eigenvalue weighted by Crippen LogP contribution is 2.38. The highest BCUT2D eigenvalue weighted by molar-refractivity contribution is 7.99. The largest absolute Gasteiger partial charge is 0.493 e. The molecule has 0 aliphatic heterocycles. The number of ether oxygens (including phenoxy) is 2. The quantitative estimate of drug-likeness (QED) is 0.781. The number of hydrogen-bond donors (Lipinski definition) is 1. The first kappa shape index (κ1) is 13.1. The van der Waals surface area contributed by atoms with Crippen molar-refractivity contribution in [1.82, 2.24) is 0 Å². The maximum absolute atomic E-state index is 12.4. The first-order valence-corrected chi connectivity index (χ1v) is 5.89. The van der Waals surface area contributed by atoms with Gasteiger partial charge in [0.1, 0.15) is 6.01 Å². The van der Waals surface area contributed by atoms with Crippen molar-refractivity contribution in [3.8, 4) is 11.5 Å². The van der Waals surface area contributed by atoms with E-state index in [2.05, 4.69) is 0 Å². The smallest absolute Gasteiger partial charge is 0.174 e. The zero-order chi connectivity index (χ0) is 12.0. The predicted octanol–water partition coefficient (Wildman–Crippen LogP) is 2.22. The Morgan fingerprint density at radius 1 is 1.31 bits per heavy atom. The molecule has 0 unspecified atom stereocenters. The molecule has 0 aliphatic rings. The molecule has 0 fully saturated rings. The fraction of sp³-hybridized carbons (Fsp3) is 0.455. The van der Waals surface area contributed by atoms with Gasteiger partial charge in [0.25, 0.3) is 0 Å². The summed E-state index contributed by atoms with van der Waals surface area (Å²) < 4.78 is 22.8. The van der Waals surface area contributed by atoms with E-state index in [-0.39, 0.29) is 0 Å². The standard InChI is InChI=1S/C11H16FNO2S/c1-14-9-5-8(3-4-13)6-10(16-7-12)11(9)15-2/h5-6H,3-4,7,13H2,1-2H3. The molecule has 0 saturated heterocycles. The minimum absolute atomic E-state index is 0.494. The monoisotopic (exact) mass is 245 g/mol. The third-order valence-corrected chi connectivity index (χ3v) is 2.87. The average Bonchev–Trinajstić information content (AvgIpc) is 2.29. The number of rotatable bonds is 6. The SMILES string of the molecule is COc1cc(CCN)cc(SCF)c1OC. The lowest BCUT2D eigenvalue weighted by Crippen LogP contribution is -2.04. The molecule has 0 spiro atoms. The Morgan fingerprint density at radius 2 is 2.06 bits per heavy atom. The van der Waals surface area contributed by atoms with Gasteiger partial charge in [-0.1, -0.05) is 11.8 Å². The van der Waals surface area contributed by atoms with Crippen LogP contribution in [0, 0.1) is 0 Å². The predicted molar refractivity (Wildman–Crippen MR) is 64.1 cm³/mol. The summed E-state index contributed by atoms with van der Waals surface area (Å²) in [5.41, 5.74) is 6.52. The fourth-order valence-corrected chi connectivity index (χ4v) is 2.13. The second-order valence-electron chi connectivity index (χ2n) is 3.12. The highest BCUT2D eigenvalue weighted by Gasteiger charge is 2.12. The van der Waals surface area contributed by atoms with Crippen LogP contribution in [0.5, 0.6) is 11.5 Å². The Hall–Kier alpha value is -0.940. The van der Waals surface area contributed by atoms with Crippen molar-refractivity contribution >= 4 is 11.8 Å². The second kappa shape index (κ2) is 6.60. The van der Waals surface area contributed by atoms with E-state index in [9.17, 15) is 4.39 Å². The molecule has 3 nitrogen and oxygen atoms in total. The molecule has 0 atom stereocenters. The minimum atomic E-state index is -0.494. The van der Waals surface area contributed by atoms with E-state index in [0.29, 0.717) is 18.0 Å². The van der Waals surface area contributed by atoms with Crippen LogP contribution >= 0.6 is 11.8 Å². The van der Waals surface area contributed by atoms with Gasteiger partial charge >= 0.3 is 0 Å². The molecule has 1 aromatic carbocycles. The molecule has 90 valence electrons. The maximum atomic E-state index is 12.4. The number of halogens is 1. The van der Waals surface area contributed by atoms with Gasteiger partial charge in [0.2, 0.25) is 0 Å². The van der Waals surface area contributed by atoms with Crippen LogP contribution in [-0.4, -0.2) is 26.8 Å². The third kappa shape index (κ3) is 3.02. The van der Waals surface area contributed by atoms with Crippen molar-refractivity contribution in [2.45, 2.75) is 11.3 Å². The summed E-state index contributed by atoms with van der Waals surface area (Å²) in [5.74, 6) is 1.19. The summed E-state index contributed by atoms with van der Waals surface area (Å²) in [6.07, 6.45) is 0.736. The molecule has 0 aromatic heterocycles. The number of thioether (sulfide) groups is 1. The van der Waals surface area contributed by atoms with Gasteiger partial charge in [-0.15, -0.1) is 0 Å². The summed E-state index contributed by atoms with van der Waals surface area (Å²) in [7, 11) is 3.11. The lowest BCUT2D eigenvalue weighted by atomic mass is 10.1. The minimum Gasteiger partial charge on any atom is -0.493 e. The van der Waals surface area contributed by atoms with Crippen molar-refractivity contribution in [3.05, 3.63) is 17.7 Å². The molecule has 16 heavy (non-hydrogen) atoms. The summed E-state index contributed by atoms with van der Waals surface area (Å²) in [4.78, 5) is 0.743. The zero-order valence-electron chi connectivity index (χ0n) is 9.46. The van der Waals surface area contributed by atoms with Gasteiger partial charge in [-0.3, -0.25) is 0 Å². The summed E-state index contributed by atoms with van der Waals surface area (Å²) in [6.45, 7) is 0.551. The Kier molecular flexibility index (Phi) is 5.42. The van der Waals surface area contributed by atoms with Crippen LogP contribution in [0.3, 0.4) is 0 Å². The topological polar surface area (TPSA) is 44.5 Å². The molecule has 0 radical (unpaired) electrons. The summed E-state index contributed by atoms with van der Waals surface area (Å²) >= 11 is 1.08. The van der Waals surface area contributed by atoms with Gasteiger partial charge in [0.15, 0.2) is 11.5 Å². The van der Waals surface area contributed by atoms with Crippen LogP contribution in [-0.2, 0) is 6.42 Å². The summed E-state index contributed by atoms with van der Waals surface area (Å²) in [5, 5.41) is 0. The van der Waals surface area contributed by atoms with Crippen LogP contribution in [0.2, 0.25) is 0 Å². The lowest BCUT2D eigenvalue weighted by molar-refractivity contribution is 0.347. The Bertz CT molecular complexity index is 347. The number of hydrogen-bond acceptors (Lipinski definition) is 4. The Morgan fingerprint density at radius 3 is 2.56 bits per heavy atom. The summed E-state index contributed by atoms with van der Waals surface area (Å²) in [6, 6.07) is 3.26. The third-order valence-electron chi connectivity index (χ3n) is 2.15. The number of alkyl halides is 1. The van der Waals surface area contributed by atoms with E-state index in [1.807, 2.05) is 12.1 Å². The van der Waals surface area contributed by atoms with E-state index in [4.69, 9.17) is 15.2 Å². The molecule has 0 amide bonds. The van der Waals surface area contributed by atoms with Crippen molar-refractivity contribution in [3.63, 3.8) is 0 Å². The molecule has 0 aliphatic carbocycles. The first-order chi connectivity index (χ1) is 7.76. The van der Waals surface area contributed by atoms with Gasteiger partial charge in [-0.2, -0.15) is 0 Å². The van der Waals surface area contributed by atoms with Gasteiger partial charge in [0.05, 0.1) is 19.1 Å². The second-order valence-corrected chi connectivity index (χ2v) is 4.07.